The van der Waals surface area contributed by atoms with Gasteiger partial charge >= 0.3 is 12.1 Å². The number of halogens is 1. The molecule has 5 nitrogen and oxygen atoms in total. The molecule has 126 valence electrons. The van der Waals surface area contributed by atoms with Gasteiger partial charge in [0.05, 0.1) is 18.6 Å². The van der Waals surface area contributed by atoms with E-state index >= 15 is 0 Å². The minimum absolute atomic E-state index is 0.164. The number of aryl methyl sites for hydroxylation is 1. The van der Waals surface area contributed by atoms with E-state index in [-0.39, 0.29) is 18.5 Å². The zero-order chi connectivity index (χ0) is 17.5. The topological polar surface area (TPSA) is 64.6 Å². The van der Waals surface area contributed by atoms with E-state index in [2.05, 4.69) is 10.1 Å². The Hall–Kier alpha value is -2.53. The second-order valence-electron chi connectivity index (χ2n) is 5.05. The highest BCUT2D eigenvalue weighted by Gasteiger charge is 2.08. The molecule has 2 aromatic carbocycles. The van der Waals surface area contributed by atoms with Crippen LogP contribution < -0.4 is 5.32 Å². The van der Waals surface area contributed by atoms with Crippen molar-refractivity contribution in [2.45, 2.75) is 6.92 Å². The van der Waals surface area contributed by atoms with Crippen molar-refractivity contribution in [2.75, 3.05) is 24.9 Å². The maximum Gasteiger partial charge on any atom is 0.411 e. The fourth-order valence-corrected chi connectivity index (χ4v) is 2.33. The molecule has 0 aliphatic heterocycles. The summed E-state index contributed by atoms with van der Waals surface area (Å²) in [7, 11) is 1.35. The Balaban J connectivity index is 2.14. The van der Waals surface area contributed by atoms with E-state index in [4.69, 9.17) is 16.3 Å². The van der Waals surface area contributed by atoms with Gasteiger partial charge in [0.2, 0.25) is 0 Å². The molecule has 0 spiro atoms. The molecule has 0 aliphatic carbocycles. The lowest BCUT2D eigenvalue weighted by Crippen LogP contribution is -2.14. The number of alkyl halides is 1. The number of ether oxygens (including phenoxy) is 2. The molecule has 0 aliphatic rings. The molecule has 2 aromatic rings. The van der Waals surface area contributed by atoms with Gasteiger partial charge in [-0.05, 0) is 47.9 Å². The number of nitrogens with one attached hydrogen (secondary N) is 1. The number of hydrogen-bond acceptors (Lipinski definition) is 4. The molecule has 24 heavy (non-hydrogen) atoms. The third-order valence-electron chi connectivity index (χ3n) is 3.40. The highest BCUT2D eigenvalue weighted by Crippen LogP contribution is 2.26. The summed E-state index contributed by atoms with van der Waals surface area (Å²) < 4.78 is 9.56. The number of esters is 1. The number of methoxy groups -OCH3 is 1. The summed E-state index contributed by atoms with van der Waals surface area (Å²) in [6.07, 6.45) is -0.537. The number of benzene rings is 2. The first-order valence-corrected chi connectivity index (χ1v) is 7.87. The Bertz CT molecular complexity index is 728. The quantitative estimate of drug-likeness (QED) is 0.649. The molecule has 1 N–H and O–H groups in total. The van der Waals surface area contributed by atoms with Crippen molar-refractivity contribution in [1.29, 1.82) is 0 Å². The van der Waals surface area contributed by atoms with Gasteiger partial charge in [0.1, 0.15) is 6.61 Å². The Kier molecular flexibility index (Phi) is 6.21. The van der Waals surface area contributed by atoms with Gasteiger partial charge in [0, 0.05) is 5.69 Å². The van der Waals surface area contributed by atoms with Gasteiger partial charge in [-0.3, -0.25) is 5.32 Å². The van der Waals surface area contributed by atoms with E-state index in [1.165, 1.54) is 7.11 Å². The average molecular weight is 348 g/mol. The molecule has 0 saturated carbocycles. The minimum Gasteiger partial charge on any atom is -0.465 e. The third-order valence-corrected chi connectivity index (χ3v) is 3.55. The summed E-state index contributed by atoms with van der Waals surface area (Å²) in [4.78, 5) is 23.0. The lowest BCUT2D eigenvalue weighted by atomic mass is 9.99. The first kappa shape index (κ1) is 17.8. The van der Waals surface area contributed by atoms with Crippen LogP contribution in [0, 0.1) is 6.92 Å². The van der Waals surface area contributed by atoms with Gasteiger partial charge in [0.15, 0.2) is 0 Å². The van der Waals surface area contributed by atoms with Crippen LogP contribution in [0.15, 0.2) is 42.5 Å². The van der Waals surface area contributed by atoms with E-state index in [0.717, 1.165) is 16.7 Å². The number of hydrogen-bond donors (Lipinski definition) is 1. The summed E-state index contributed by atoms with van der Waals surface area (Å²) >= 11 is 5.47. The van der Waals surface area contributed by atoms with Crippen molar-refractivity contribution < 1.29 is 19.1 Å². The van der Waals surface area contributed by atoms with Crippen molar-refractivity contribution in [3.8, 4) is 11.1 Å². The number of carbonyl (C=O) groups excluding carboxylic acids is 2. The molecule has 0 atom stereocenters. The predicted octanol–water partition coefficient (Wildman–Crippen LogP) is 4.24. The van der Waals surface area contributed by atoms with E-state index < -0.39 is 6.09 Å². The maximum absolute atomic E-state index is 11.5. The molecular weight excluding hydrogens is 330 g/mol. The van der Waals surface area contributed by atoms with Crippen LogP contribution >= 0.6 is 11.6 Å². The van der Waals surface area contributed by atoms with Crippen molar-refractivity contribution in [3.05, 3.63) is 53.6 Å². The largest absolute Gasteiger partial charge is 0.465 e. The van der Waals surface area contributed by atoms with E-state index in [9.17, 15) is 9.59 Å². The minimum atomic E-state index is -0.537. The van der Waals surface area contributed by atoms with Crippen LogP contribution in [-0.2, 0) is 9.47 Å². The summed E-state index contributed by atoms with van der Waals surface area (Å²) in [6.45, 7) is 2.11. The van der Waals surface area contributed by atoms with E-state index in [1.54, 1.807) is 18.2 Å². The maximum atomic E-state index is 11.5. The van der Waals surface area contributed by atoms with Gasteiger partial charge in [-0.1, -0.05) is 18.2 Å². The molecule has 0 saturated heterocycles. The molecule has 0 bridgehead atoms. The van der Waals surface area contributed by atoms with Gasteiger partial charge in [-0.2, -0.15) is 0 Å². The van der Waals surface area contributed by atoms with Crippen LogP contribution in [0.2, 0.25) is 0 Å². The fraction of sp³-hybridized carbons (Fsp3) is 0.222. The second-order valence-corrected chi connectivity index (χ2v) is 5.43. The van der Waals surface area contributed by atoms with Crippen LogP contribution in [-0.4, -0.2) is 31.7 Å². The zero-order valence-corrected chi connectivity index (χ0v) is 14.2. The van der Waals surface area contributed by atoms with Crippen LogP contribution in [0.5, 0.6) is 0 Å². The molecule has 6 heteroatoms. The predicted molar refractivity (Wildman–Crippen MR) is 93.6 cm³/mol. The number of amides is 1. The average Bonchev–Trinajstić information content (AvgIpc) is 2.59. The van der Waals surface area contributed by atoms with Crippen molar-refractivity contribution in [3.63, 3.8) is 0 Å². The molecule has 0 radical (unpaired) electrons. The highest BCUT2D eigenvalue weighted by atomic mass is 35.5. The first-order chi connectivity index (χ1) is 11.5. The molecule has 0 aromatic heterocycles. The van der Waals surface area contributed by atoms with Gasteiger partial charge in [0.25, 0.3) is 0 Å². The monoisotopic (exact) mass is 347 g/mol. The first-order valence-electron chi connectivity index (χ1n) is 7.34. The molecule has 0 fully saturated rings. The molecule has 0 heterocycles. The molecule has 1 amide bonds. The van der Waals surface area contributed by atoms with Crippen LogP contribution in [0.3, 0.4) is 0 Å². The summed E-state index contributed by atoms with van der Waals surface area (Å²) in [5.41, 5.74) is 4.10. The van der Waals surface area contributed by atoms with E-state index in [1.807, 2.05) is 31.2 Å². The van der Waals surface area contributed by atoms with Gasteiger partial charge < -0.3 is 9.47 Å². The van der Waals surface area contributed by atoms with Gasteiger partial charge in [-0.15, -0.1) is 11.6 Å². The molecule has 0 unspecified atom stereocenters. The number of carbonyl (C=O) groups is 2. The summed E-state index contributed by atoms with van der Waals surface area (Å²) in [5, 5.41) is 2.65. The van der Waals surface area contributed by atoms with Crippen LogP contribution in [0.25, 0.3) is 11.1 Å². The lowest BCUT2D eigenvalue weighted by molar-refractivity contribution is 0.0600. The Morgan fingerprint density at radius 1 is 1.12 bits per heavy atom. The highest BCUT2D eigenvalue weighted by molar-refractivity contribution is 6.18. The van der Waals surface area contributed by atoms with Gasteiger partial charge in [-0.25, -0.2) is 9.59 Å². The fourth-order valence-electron chi connectivity index (χ4n) is 2.25. The van der Waals surface area contributed by atoms with Crippen LogP contribution in [0.4, 0.5) is 10.5 Å². The Labute approximate surface area is 145 Å². The Morgan fingerprint density at radius 3 is 2.42 bits per heavy atom. The number of anilines is 1. The smallest absolute Gasteiger partial charge is 0.411 e. The van der Waals surface area contributed by atoms with Crippen molar-refractivity contribution in [2.24, 2.45) is 0 Å². The van der Waals surface area contributed by atoms with E-state index in [0.29, 0.717) is 11.3 Å². The number of rotatable bonds is 5. The van der Waals surface area contributed by atoms with Crippen LogP contribution in [0.1, 0.15) is 15.9 Å². The lowest BCUT2D eigenvalue weighted by Gasteiger charge is -2.10. The normalized spacial score (nSPS) is 10.1. The molecular formula is C18H18ClNO4. The summed E-state index contributed by atoms with van der Waals surface area (Å²) in [5.74, 6) is -0.110. The third kappa shape index (κ3) is 4.49. The Morgan fingerprint density at radius 2 is 1.83 bits per heavy atom. The zero-order valence-electron chi connectivity index (χ0n) is 13.5. The van der Waals surface area contributed by atoms with Crippen molar-refractivity contribution in [1.82, 2.24) is 0 Å². The SMILES string of the molecule is COC(=O)c1ccc(-c2ccc(NC(=O)OCCCl)cc2C)cc1. The summed E-state index contributed by atoms with van der Waals surface area (Å²) in [6, 6.07) is 12.7. The van der Waals surface area contributed by atoms with Crippen molar-refractivity contribution >= 4 is 29.4 Å². The standard InChI is InChI=1S/C18H18ClNO4/c1-12-11-15(20-18(22)24-10-9-19)7-8-16(12)13-3-5-14(6-4-13)17(21)23-2/h3-8,11H,9-10H2,1-2H3,(H,20,22). The molecule has 2 rings (SSSR count). The second kappa shape index (κ2) is 8.36.